The summed E-state index contributed by atoms with van der Waals surface area (Å²) < 4.78 is 27.7. The van der Waals surface area contributed by atoms with Crippen LogP contribution in [0, 0.1) is 6.92 Å². The van der Waals surface area contributed by atoms with Crippen molar-refractivity contribution in [1.29, 1.82) is 0 Å². The second kappa shape index (κ2) is 15.0. The van der Waals surface area contributed by atoms with Crippen molar-refractivity contribution in [3.63, 3.8) is 0 Å². The molecule has 0 aliphatic carbocycles. The van der Waals surface area contributed by atoms with Crippen molar-refractivity contribution >= 4 is 66.7 Å². The standard InChI is InChI=1S/C30H34BrCl2N3O4S/c1-4-5-16-34-30(38)28(18-22-10-7-6-8-11-22)35(19-24-26(32)12-9-13-27(24)33)29(37)20-36(41(3,39)40)23-14-15-25(31)21(2)17-23/h6-15,17,28H,4-5,16,18-20H2,1-3H3,(H,34,38)/t28-/m1/s1. The highest BCUT2D eigenvalue weighted by Gasteiger charge is 2.33. The summed E-state index contributed by atoms with van der Waals surface area (Å²) in [7, 11) is -3.87. The summed E-state index contributed by atoms with van der Waals surface area (Å²) in [5, 5.41) is 3.62. The van der Waals surface area contributed by atoms with Crippen LogP contribution in [0.15, 0.2) is 71.2 Å². The lowest BCUT2D eigenvalue weighted by molar-refractivity contribution is -0.140. The Morgan fingerprint density at radius 2 is 1.66 bits per heavy atom. The van der Waals surface area contributed by atoms with Gasteiger partial charge >= 0.3 is 0 Å². The van der Waals surface area contributed by atoms with Gasteiger partial charge in [0.15, 0.2) is 0 Å². The summed E-state index contributed by atoms with van der Waals surface area (Å²) >= 11 is 16.4. The summed E-state index contributed by atoms with van der Waals surface area (Å²) in [6, 6.07) is 18.5. The van der Waals surface area contributed by atoms with Gasteiger partial charge in [-0.25, -0.2) is 8.42 Å². The number of hydrogen-bond acceptors (Lipinski definition) is 4. The maximum Gasteiger partial charge on any atom is 0.244 e. The minimum absolute atomic E-state index is 0.0903. The van der Waals surface area contributed by atoms with Crippen LogP contribution in [0.5, 0.6) is 0 Å². The van der Waals surface area contributed by atoms with Crippen LogP contribution in [0.4, 0.5) is 5.69 Å². The third kappa shape index (κ3) is 9.20. The van der Waals surface area contributed by atoms with Crippen molar-refractivity contribution in [2.75, 3.05) is 23.7 Å². The van der Waals surface area contributed by atoms with E-state index in [0.717, 1.165) is 39.0 Å². The van der Waals surface area contributed by atoms with Gasteiger partial charge in [-0.2, -0.15) is 0 Å². The van der Waals surface area contributed by atoms with E-state index in [0.29, 0.717) is 27.8 Å². The van der Waals surface area contributed by atoms with Crippen molar-refractivity contribution in [3.05, 3.63) is 97.9 Å². The number of nitrogens with one attached hydrogen (secondary N) is 1. The molecule has 3 aromatic rings. The number of carbonyl (C=O) groups is 2. The average molecular weight is 683 g/mol. The number of rotatable bonds is 13. The Kier molecular flexibility index (Phi) is 12.1. The van der Waals surface area contributed by atoms with E-state index in [2.05, 4.69) is 21.2 Å². The second-order valence-electron chi connectivity index (χ2n) is 9.78. The smallest absolute Gasteiger partial charge is 0.244 e. The molecule has 0 saturated heterocycles. The van der Waals surface area contributed by atoms with Crippen LogP contribution in [0.2, 0.25) is 10.0 Å². The lowest BCUT2D eigenvalue weighted by Gasteiger charge is -2.34. The van der Waals surface area contributed by atoms with Gasteiger partial charge in [-0.3, -0.25) is 13.9 Å². The number of sulfonamides is 1. The summed E-state index contributed by atoms with van der Waals surface area (Å²) in [5.41, 5.74) is 2.45. The number of halogens is 3. The molecule has 3 aromatic carbocycles. The molecule has 3 rings (SSSR count). The first-order chi connectivity index (χ1) is 19.4. The van der Waals surface area contributed by atoms with E-state index in [1.54, 1.807) is 36.4 Å². The molecule has 0 bridgehead atoms. The molecule has 7 nitrogen and oxygen atoms in total. The molecular formula is C30H34BrCl2N3O4S. The highest BCUT2D eigenvalue weighted by atomic mass is 79.9. The summed E-state index contributed by atoms with van der Waals surface area (Å²) in [6.45, 7) is 3.69. The van der Waals surface area contributed by atoms with Crippen LogP contribution in [0.3, 0.4) is 0 Å². The Balaban J connectivity index is 2.09. The Bertz CT molecular complexity index is 1450. The number of hydrogen-bond donors (Lipinski definition) is 1. The Labute approximate surface area is 261 Å². The maximum absolute atomic E-state index is 14.2. The third-order valence-corrected chi connectivity index (χ3v) is 9.34. The van der Waals surface area contributed by atoms with Crippen LogP contribution in [-0.2, 0) is 32.6 Å². The van der Waals surface area contributed by atoms with E-state index in [-0.39, 0.29) is 18.9 Å². The van der Waals surface area contributed by atoms with E-state index < -0.39 is 28.5 Å². The quantitative estimate of drug-likeness (QED) is 0.212. The zero-order valence-electron chi connectivity index (χ0n) is 23.2. The van der Waals surface area contributed by atoms with Gasteiger partial charge in [0.1, 0.15) is 12.6 Å². The van der Waals surface area contributed by atoms with Gasteiger partial charge in [0.2, 0.25) is 21.8 Å². The monoisotopic (exact) mass is 681 g/mol. The largest absolute Gasteiger partial charge is 0.354 e. The zero-order chi connectivity index (χ0) is 30.2. The maximum atomic E-state index is 14.2. The molecule has 1 atom stereocenters. The summed E-state index contributed by atoms with van der Waals surface area (Å²) in [5.74, 6) is -0.914. The molecule has 41 heavy (non-hydrogen) atoms. The van der Waals surface area contributed by atoms with Gasteiger partial charge in [0, 0.05) is 39.6 Å². The molecule has 11 heteroatoms. The minimum Gasteiger partial charge on any atom is -0.354 e. The minimum atomic E-state index is -3.87. The Morgan fingerprint density at radius 1 is 1.00 bits per heavy atom. The van der Waals surface area contributed by atoms with Crippen molar-refractivity contribution in [3.8, 4) is 0 Å². The van der Waals surface area contributed by atoms with Crippen LogP contribution < -0.4 is 9.62 Å². The van der Waals surface area contributed by atoms with E-state index >= 15 is 0 Å². The van der Waals surface area contributed by atoms with Crippen LogP contribution in [0.25, 0.3) is 0 Å². The van der Waals surface area contributed by atoms with Crippen LogP contribution in [0.1, 0.15) is 36.5 Å². The van der Waals surface area contributed by atoms with Gasteiger partial charge < -0.3 is 10.2 Å². The van der Waals surface area contributed by atoms with Crippen molar-refractivity contribution in [2.45, 2.75) is 45.7 Å². The fourth-order valence-corrected chi connectivity index (χ4v) is 5.92. The SMILES string of the molecule is CCCCNC(=O)[C@@H](Cc1ccccc1)N(Cc1c(Cl)cccc1Cl)C(=O)CN(c1ccc(Br)c(C)c1)S(C)(=O)=O. The first-order valence-corrected chi connectivity index (χ1v) is 16.6. The molecule has 0 aliphatic heterocycles. The molecule has 0 aromatic heterocycles. The van der Waals surface area contributed by atoms with Gasteiger partial charge in [-0.15, -0.1) is 0 Å². The number of amides is 2. The predicted octanol–water partition coefficient (Wildman–Crippen LogP) is 6.39. The Hall–Kier alpha value is -2.59. The topological polar surface area (TPSA) is 86.8 Å². The normalized spacial score (nSPS) is 12.0. The average Bonchev–Trinajstić information content (AvgIpc) is 2.92. The first kappa shape index (κ1) is 32.9. The predicted molar refractivity (Wildman–Crippen MR) is 170 cm³/mol. The number of unbranched alkanes of at least 4 members (excludes halogenated alkanes) is 1. The van der Waals surface area contributed by atoms with Crippen LogP contribution >= 0.6 is 39.1 Å². The van der Waals surface area contributed by atoms with Crippen molar-refractivity contribution in [1.82, 2.24) is 10.2 Å². The number of nitrogens with zero attached hydrogens (tertiary/aromatic N) is 2. The third-order valence-electron chi connectivity index (χ3n) is 6.60. The number of aryl methyl sites for hydroxylation is 1. The second-order valence-corrected chi connectivity index (χ2v) is 13.4. The molecule has 0 fully saturated rings. The van der Waals surface area contributed by atoms with E-state index in [9.17, 15) is 18.0 Å². The van der Waals surface area contributed by atoms with E-state index in [4.69, 9.17) is 23.2 Å². The van der Waals surface area contributed by atoms with Gasteiger partial charge in [0.05, 0.1) is 11.9 Å². The molecule has 0 radical (unpaired) electrons. The molecule has 0 heterocycles. The van der Waals surface area contributed by atoms with Gasteiger partial charge in [-0.1, -0.05) is 88.9 Å². The highest BCUT2D eigenvalue weighted by molar-refractivity contribution is 9.10. The highest BCUT2D eigenvalue weighted by Crippen LogP contribution is 2.29. The summed E-state index contributed by atoms with van der Waals surface area (Å²) in [4.78, 5) is 29.2. The van der Waals surface area contributed by atoms with E-state index in [1.165, 1.54) is 4.90 Å². The van der Waals surface area contributed by atoms with Gasteiger partial charge in [0.25, 0.3) is 0 Å². The fraction of sp³-hybridized carbons (Fsp3) is 0.333. The van der Waals surface area contributed by atoms with E-state index in [1.807, 2.05) is 44.2 Å². The molecule has 0 spiro atoms. The molecule has 0 unspecified atom stereocenters. The summed E-state index contributed by atoms with van der Waals surface area (Å²) in [6.07, 6.45) is 2.92. The number of benzene rings is 3. The molecule has 2 amide bonds. The Morgan fingerprint density at radius 3 is 2.24 bits per heavy atom. The lowest BCUT2D eigenvalue weighted by Crippen LogP contribution is -2.53. The van der Waals surface area contributed by atoms with Crippen molar-refractivity contribution < 1.29 is 18.0 Å². The van der Waals surface area contributed by atoms with Gasteiger partial charge in [-0.05, 0) is 54.8 Å². The molecule has 0 aliphatic rings. The number of anilines is 1. The fourth-order valence-electron chi connectivity index (χ4n) is 4.31. The number of carbonyl (C=O) groups excluding carboxylic acids is 2. The zero-order valence-corrected chi connectivity index (χ0v) is 27.2. The first-order valence-electron chi connectivity index (χ1n) is 13.2. The molecule has 1 N–H and O–H groups in total. The molecule has 0 saturated carbocycles. The van der Waals surface area contributed by atoms with Crippen molar-refractivity contribution in [2.24, 2.45) is 0 Å². The molecular weight excluding hydrogens is 649 g/mol. The molecule has 220 valence electrons. The van der Waals surface area contributed by atoms with Crippen LogP contribution in [-0.4, -0.2) is 50.5 Å². The lowest BCUT2D eigenvalue weighted by atomic mass is 10.0.